The molecular formula is C21H25N3O2. The van der Waals surface area contributed by atoms with E-state index in [-0.39, 0.29) is 17.5 Å². The zero-order valence-corrected chi connectivity index (χ0v) is 15.1. The molecule has 1 aromatic heterocycles. The minimum atomic E-state index is -0.172. The van der Waals surface area contributed by atoms with Gasteiger partial charge in [-0.2, -0.15) is 0 Å². The molecule has 2 heterocycles. The zero-order valence-electron chi connectivity index (χ0n) is 15.1. The standard InChI is InChI=1S/C21H25N3O2/c1-2-17-14-23(18-6-4-3-5-7-18)10-11-24(17)21(26)16-12-19(15-8-9-15)22-20(25)13-16/h3-7,12-13,15,17H,2,8-11,14H2,1H3,(H,22,25). The first-order valence-corrected chi connectivity index (χ1v) is 9.51. The van der Waals surface area contributed by atoms with Gasteiger partial charge in [-0.25, -0.2) is 0 Å². The highest BCUT2D eigenvalue weighted by Gasteiger charge is 2.31. The molecule has 1 aliphatic heterocycles. The fourth-order valence-electron chi connectivity index (χ4n) is 3.81. The molecule has 1 N–H and O–H groups in total. The SMILES string of the molecule is CCC1CN(c2ccccc2)CCN1C(=O)c1cc(C2CC2)[nH]c(=O)c1. The Bertz CT molecular complexity index is 842. The van der Waals surface area contributed by atoms with Crippen molar-refractivity contribution in [2.75, 3.05) is 24.5 Å². The van der Waals surface area contributed by atoms with Crippen LogP contribution in [0.15, 0.2) is 47.3 Å². The second kappa shape index (κ2) is 6.98. The number of hydrogen-bond acceptors (Lipinski definition) is 3. The number of benzene rings is 1. The second-order valence-electron chi connectivity index (χ2n) is 7.31. The molecule has 0 spiro atoms. The Kier molecular flexibility index (Phi) is 4.53. The first kappa shape index (κ1) is 16.9. The molecule has 1 amide bonds. The van der Waals surface area contributed by atoms with E-state index >= 15 is 0 Å². The van der Waals surface area contributed by atoms with E-state index in [0.717, 1.165) is 38.0 Å². The fraction of sp³-hybridized carbons (Fsp3) is 0.429. The Morgan fingerprint density at radius 3 is 2.62 bits per heavy atom. The third-order valence-electron chi connectivity index (χ3n) is 5.47. The van der Waals surface area contributed by atoms with E-state index in [1.165, 1.54) is 11.8 Å². The zero-order chi connectivity index (χ0) is 18.1. The Morgan fingerprint density at radius 1 is 1.15 bits per heavy atom. The Balaban J connectivity index is 1.54. The molecule has 1 aromatic carbocycles. The average molecular weight is 351 g/mol. The monoisotopic (exact) mass is 351 g/mol. The van der Waals surface area contributed by atoms with Gasteiger partial charge < -0.3 is 14.8 Å². The lowest BCUT2D eigenvalue weighted by molar-refractivity contribution is 0.0651. The summed E-state index contributed by atoms with van der Waals surface area (Å²) in [7, 11) is 0. The van der Waals surface area contributed by atoms with Crippen LogP contribution in [0.1, 0.15) is 48.2 Å². The summed E-state index contributed by atoms with van der Waals surface area (Å²) in [6.45, 7) is 4.43. The molecule has 136 valence electrons. The molecule has 2 aliphatic rings. The van der Waals surface area contributed by atoms with E-state index in [1.54, 1.807) is 0 Å². The third-order valence-corrected chi connectivity index (χ3v) is 5.47. The third kappa shape index (κ3) is 3.39. The molecule has 4 rings (SSSR count). The van der Waals surface area contributed by atoms with Crippen LogP contribution >= 0.6 is 0 Å². The van der Waals surface area contributed by atoms with Gasteiger partial charge in [0.25, 0.3) is 5.91 Å². The van der Waals surface area contributed by atoms with Crippen LogP contribution in [0.3, 0.4) is 0 Å². The van der Waals surface area contributed by atoms with E-state index in [1.807, 2.05) is 29.2 Å². The lowest BCUT2D eigenvalue weighted by Gasteiger charge is -2.42. The molecule has 0 radical (unpaired) electrons. The van der Waals surface area contributed by atoms with Crippen molar-refractivity contribution in [3.63, 3.8) is 0 Å². The van der Waals surface area contributed by atoms with E-state index in [0.29, 0.717) is 18.0 Å². The predicted octanol–water partition coefficient (Wildman–Crippen LogP) is 2.99. The van der Waals surface area contributed by atoms with E-state index < -0.39 is 0 Å². The van der Waals surface area contributed by atoms with Gasteiger partial charge in [0, 0.05) is 48.7 Å². The van der Waals surface area contributed by atoms with Crippen LogP contribution in [-0.2, 0) is 0 Å². The number of carbonyl (C=O) groups excluding carboxylic acids is 1. The van der Waals surface area contributed by atoms with Gasteiger partial charge >= 0.3 is 0 Å². The van der Waals surface area contributed by atoms with Gasteiger partial charge in [0.05, 0.1) is 0 Å². The van der Waals surface area contributed by atoms with Crippen LogP contribution in [-0.4, -0.2) is 41.5 Å². The van der Waals surface area contributed by atoms with Crippen molar-refractivity contribution >= 4 is 11.6 Å². The highest BCUT2D eigenvalue weighted by Crippen LogP contribution is 2.38. The van der Waals surface area contributed by atoms with Crippen molar-refractivity contribution < 1.29 is 4.79 Å². The molecule has 1 saturated carbocycles. The number of para-hydroxylation sites is 1. The molecule has 5 nitrogen and oxygen atoms in total. The maximum Gasteiger partial charge on any atom is 0.254 e. The maximum atomic E-state index is 13.1. The van der Waals surface area contributed by atoms with Gasteiger partial charge in [-0.05, 0) is 43.4 Å². The molecular weight excluding hydrogens is 326 g/mol. The molecule has 1 aliphatic carbocycles. The number of aromatic amines is 1. The number of H-pyrrole nitrogens is 1. The van der Waals surface area contributed by atoms with Crippen molar-refractivity contribution in [3.8, 4) is 0 Å². The van der Waals surface area contributed by atoms with Crippen LogP contribution in [0.2, 0.25) is 0 Å². The fourth-order valence-corrected chi connectivity index (χ4v) is 3.81. The molecule has 1 unspecified atom stereocenters. The van der Waals surface area contributed by atoms with Gasteiger partial charge in [0.2, 0.25) is 5.56 Å². The number of nitrogens with one attached hydrogen (secondary N) is 1. The summed E-state index contributed by atoms with van der Waals surface area (Å²) in [4.78, 5) is 32.3. The lowest BCUT2D eigenvalue weighted by Crippen LogP contribution is -2.55. The number of piperazine rings is 1. The molecule has 0 bridgehead atoms. The second-order valence-corrected chi connectivity index (χ2v) is 7.31. The Labute approximate surface area is 153 Å². The molecule has 5 heteroatoms. The molecule has 2 fully saturated rings. The largest absolute Gasteiger partial charge is 0.368 e. The Hall–Kier alpha value is -2.56. The number of carbonyl (C=O) groups is 1. The van der Waals surface area contributed by atoms with Gasteiger partial charge in [-0.3, -0.25) is 9.59 Å². The number of rotatable bonds is 4. The number of hydrogen-bond donors (Lipinski definition) is 1. The number of nitrogens with zero attached hydrogens (tertiary/aromatic N) is 2. The van der Waals surface area contributed by atoms with E-state index in [2.05, 4.69) is 28.9 Å². The number of pyridine rings is 1. The summed E-state index contributed by atoms with van der Waals surface area (Å²) >= 11 is 0. The quantitative estimate of drug-likeness (QED) is 0.921. The van der Waals surface area contributed by atoms with Gasteiger partial charge in [0.1, 0.15) is 0 Å². The Morgan fingerprint density at radius 2 is 1.92 bits per heavy atom. The van der Waals surface area contributed by atoms with Gasteiger partial charge in [-0.15, -0.1) is 0 Å². The summed E-state index contributed by atoms with van der Waals surface area (Å²) < 4.78 is 0. The summed E-state index contributed by atoms with van der Waals surface area (Å²) in [5, 5.41) is 0. The minimum absolute atomic E-state index is 0.0161. The normalized spacial score (nSPS) is 20.3. The average Bonchev–Trinajstić information content (AvgIpc) is 3.52. The van der Waals surface area contributed by atoms with Crippen molar-refractivity contribution in [2.45, 2.75) is 38.1 Å². The van der Waals surface area contributed by atoms with Crippen molar-refractivity contribution in [1.82, 2.24) is 9.88 Å². The molecule has 26 heavy (non-hydrogen) atoms. The molecule has 1 saturated heterocycles. The van der Waals surface area contributed by atoms with Gasteiger partial charge in [-0.1, -0.05) is 25.1 Å². The van der Waals surface area contributed by atoms with Gasteiger partial charge in [0.15, 0.2) is 0 Å². The van der Waals surface area contributed by atoms with Crippen LogP contribution in [0.25, 0.3) is 0 Å². The van der Waals surface area contributed by atoms with Crippen molar-refractivity contribution in [1.29, 1.82) is 0 Å². The summed E-state index contributed by atoms with van der Waals surface area (Å²) in [6, 6.07) is 13.8. The highest BCUT2D eigenvalue weighted by atomic mass is 16.2. The van der Waals surface area contributed by atoms with E-state index in [9.17, 15) is 9.59 Å². The summed E-state index contributed by atoms with van der Waals surface area (Å²) in [5.74, 6) is 0.407. The lowest BCUT2D eigenvalue weighted by atomic mass is 10.1. The first-order chi connectivity index (χ1) is 12.7. The summed E-state index contributed by atoms with van der Waals surface area (Å²) in [5.41, 5.74) is 2.47. The number of amides is 1. The van der Waals surface area contributed by atoms with Crippen molar-refractivity contribution in [3.05, 3.63) is 64.1 Å². The van der Waals surface area contributed by atoms with Crippen LogP contribution < -0.4 is 10.5 Å². The smallest absolute Gasteiger partial charge is 0.254 e. The topological polar surface area (TPSA) is 56.4 Å². The minimum Gasteiger partial charge on any atom is -0.368 e. The first-order valence-electron chi connectivity index (χ1n) is 9.51. The summed E-state index contributed by atoms with van der Waals surface area (Å²) in [6.07, 6.45) is 3.09. The van der Waals surface area contributed by atoms with Crippen LogP contribution in [0.5, 0.6) is 0 Å². The molecule has 1 atom stereocenters. The predicted molar refractivity (Wildman–Crippen MR) is 103 cm³/mol. The number of aromatic nitrogens is 1. The van der Waals surface area contributed by atoms with E-state index in [4.69, 9.17) is 0 Å². The maximum absolute atomic E-state index is 13.1. The number of anilines is 1. The highest BCUT2D eigenvalue weighted by molar-refractivity contribution is 5.94. The van der Waals surface area contributed by atoms with Crippen LogP contribution in [0, 0.1) is 0 Å². The molecule has 2 aromatic rings. The van der Waals surface area contributed by atoms with Crippen molar-refractivity contribution in [2.24, 2.45) is 0 Å². The van der Waals surface area contributed by atoms with Crippen LogP contribution in [0.4, 0.5) is 5.69 Å².